The van der Waals surface area contributed by atoms with Gasteiger partial charge >= 0.3 is 6.03 Å². The number of hydrogen-bond donors (Lipinski definition) is 3. The largest absolute Gasteiger partial charge is 0.334 e. The van der Waals surface area contributed by atoms with Crippen LogP contribution in [0.1, 0.15) is 42.5 Å². The molecule has 0 bridgehead atoms. The Balaban J connectivity index is 1.34. The maximum Gasteiger partial charge on any atom is 0.319 e. The number of likely N-dealkylation sites (tertiary alicyclic amines) is 1. The Hall–Kier alpha value is -2.64. The van der Waals surface area contributed by atoms with Crippen LogP contribution >= 0.6 is 11.6 Å². The van der Waals surface area contributed by atoms with Crippen molar-refractivity contribution in [3.63, 3.8) is 0 Å². The summed E-state index contributed by atoms with van der Waals surface area (Å²) in [4.78, 5) is 31.5. The Morgan fingerprint density at radius 2 is 1.97 bits per heavy atom. The van der Waals surface area contributed by atoms with Gasteiger partial charge in [-0.25, -0.2) is 9.78 Å². The topological polar surface area (TPSA) is 86.4 Å². The van der Waals surface area contributed by atoms with E-state index in [0.29, 0.717) is 22.1 Å². The third-order valence-corrected chi connectivity index (χ3v) is 6.38. The van der Waals surface area contributed by atoms with E-state index in [9.17, 15) is 9.59 Å². The number of anilines is 2. The first kappa shape index (κ1) is 20.6. The molecule has 1 aromatic heterocycles. The highest BCUT2D eigenvalue weighted by molar-refractivity contribution is 6.30. The number of nitrogens with one attached hydrogen (secondary N) is 3. The van der Waals surface area contributed by atoms with Crippen molar-refractivity contribution in [2.75, 3.05) is 24.2 Å². The van der Waals surface area contributed by atoms with Crippen LogP contribution in [0.5, 0.6) is 0 Å². The molecule has 0 radical (unpaired) electrons. The van der Waals surface area contributed by atoms with Crippen molar-refractivity contribution in [2.45, 2.75) is 43.7 Å². The molecule has 3 N–H and O–H groups in total. The summed E-state index contributed by atoms with van der Waals surface area (Å²) in [7, 11) is 2.16. The fourth-order valence-electron chi connectivity index (χ4n) is 4.65. The molecule has 7 nitrogen and oxygen atoms in total. The van der Waals surface area contributed by atoms with Crippen LogP contribution in [0.3, 0.4) is 0 Å². The molecule has 1 saturated carbocycles. The van der Waals surface area contributed by atoms with Crippen molar-refractivity contribution in [3.8, 4) is 0 Å². The Morgan fingerprint density at radius 3 is 2.70 bits per heavy atom. The van der Waals surface area contributed by atoms with E-state index in [-0.39, 0.29) is 23.5 Å². The van der Waals surface area contributed by atoms with Gasteiger partial charge in [0.2, 0.25) is 0 Å². The first-order valence-electron chi connectivity index (χ1n) is 10.3. The van der Waals surface area contributed by atoms with E-state index in [4.69, 9.17) is 11.6 Å². The Labute approximate surface area is 181 Å². The number of carbonyl (C=O) groups is 2. The van der Waals surface area contributed by atoms with Gasteiger partial charge in [0.15, 0.2) is 0 Å². The lowest BCUT2D eigenvalue weighted by Gasteiger charge is -2.31. The summed E-state index contributed by atoms with van der Waals surface area (Å²) in [5, 5.41) is 9.15. The molecule has 4 rings (SSSR count). The molecule has 1 aliphatic carbocycles. The fraction of sp³-hybridized carbons (Fsp3) is 0.409. The lowest BCUT2D eigenvalue weighted by Crippen LogP contribution is -2.39. The Bertz CT molecular complexity index is 927. The third kappa shape index (κ3) is 4.57. The van der Waals surface area contributed by atoms with E-state index in [0.717, 1.165) is 13.0 Å². The molecule has 158 valence electrons. The van der Waals surface area contributed by atoms with E-state index in [1.807, 2.05) is 0 Å². The third-order valence-electron chi connectivity index (χ3n) is 6.15. The van der Waals surface area contributed by atoms with E-state index < -0.39 is 0 Å². The van der Waals surface area contributed by atoms with E-state index >= 15 is 0 Å². The zero-order chi connectivity index (χ0) is 21.1. The van der Waals surface area contributed by atoms with Crippen LogP contribution in [0.2, 0.25) is 5.02 Å². The van der Waals surface area contributed by atoms with E-state index in [1.165, 1.54) is 31.9 Å². The molecule has 2 heterocycles. The van der Waals surface area contributed by atoms with E-state index in [2.05, 4.69) is 32.9 Å². The molecule has 1 aliphatic heterocycles. The molecular weight excluding hydrogens is 402 g/mol. The SMILES string of the molecule is CN1CC(NC(=O)Nc2cccc(C(=O)Nc3ccc(Cl)cn3)c2)CC12CCCC2. The van der Waals surface area contributed by atoms with Crippen LogP contribution < -0.4 is 16.0 Å². The first-order valence-corrected chi connectivity index (χ1v) is 10.6. The summed E-state index contributed by atoms with van der Waals surface area (Å²) in [6, 6.07) is 9.99. The maximum absolute atomic E-state index is 12.5. The van der Waals surface area contributed by atoms with Gasteiger partial charge in [-0.05, 0) is 56.6 Å². The van der Waals surface area contributed by atoms with Crippen molar-refractivity contribution in [1.29, 1.82) is 0 Å². The number of benzene rings is 1. The second-order valence-electron chi connectivity index (χ2n) is 8.21. The maximum atomic E-state index is 12.5. The predicted molar refractivity (Wildman–Crippen MR) is 118 cm³/mol. The number of hydrogen-bond acceptors (Lipinski definition) is 4. The normalized spacial score (nSPS) is 20.3. The number of likely N-dealkylation sites (N-methyl/N-ethyl adjacent to an activating group) is 1. The molecule has 1 spiro atoms. The number of urea groups is 1. The van der Waals surface area contributed by atoms with Gasteiger partial charge in [0, 0.05) is 35.6 Å². The summed E-state index contributed by atoms with van der Waals surface area (Å²) in [5.41, 5.74) is 1.24. The molecule has 1 unspecified atom stereocenters. The standard InChI is InChI=1S/C22H26ClN5O2/c1-28-14-18(12-22(28)9-2-3-10-22)26-21(30)25-17-6-4-5-15(11-17)20(29)27-19-8-7-16(23)13-24-19/h4-8,11,13,18H,2-3,9-10,12,14H2,1H3,(H,24,27,29)(H2,25,26,30). The van der Waals surface area contributed by atoms with Gasteiger partial charge in [0.05, 0.1) is 5.02 Å². The fourth-order valence-corrected chi connectivity index (χ4v) is 4.76. The summed E-state index contributed by atoms with van der Waals surface area (Å²) in [5.74, 6) is 0.0983. The molecule has 30 heavy (non-hydrogen) atoms. The van der Waals surface area contributed by atoms with Crippen molar-refractivity contribution in [1.82, 2.24) is 15.2 Å². The van der Waals surface area contributed by atoms with Gasteiger partial charge in [0.25, 0.3) is 5.91 Å². The smallest absolute Gasteiger partial charge is 0.319 e. The second kappa shape index (κ2) is 8.62. The van der Waals surface area contributed by atoms with Crippen molar-refractivity contribution >= 4 is 35.0 Å². The number of amides is 3. The average molecular weight is 428 g/mol. The van der Waals surface area contributed by atoms with Crippen LogP contribution in [0.4, 0.5) is 16.3 Å². The van der Waals surface area contributed by atoms with Crippen molar-refractivity contribution in [2.24, 2.45) is 0 Å². The van der Waals surface area contributed by atoms with Gasteiger partial charge in [-0.3, -0.25) is 9.69 Å². The molecule has 1 atom stereocenters. The number of rotatable bonds is 4. The first-order chi connectivity index (χ1) is 14.4. The molecule has 2 aromatic rings. The molecule has 8 heteroatoms. The highest BCUT2D eigenvalue weighted by atomic mass is 35.5. The van der Waals surface area contributed by atoms with Gasteiger partial charge in [0.1, 0.15) is 5.82 Å². The Morgan fingerprint density at radius 1 is 1.17 bits per heavy atom. The highest BCUT2D eigenvalue weighted by Crippen LogP contribution is 2.42. The quantitative estimate of drug-likeness (QED) is 0.684. The number of halogens is 1. The second-order valence-corrected chi connectivity index (χ2v) is 8.64. The number of aromatic nitrogens is 1. The minimum absolute atomic E-state index is 0.135. The molecular formula is C22H26ClN5O2. The summed E-state index contributed by atoms with van der Waals surface area (Å²) >= 11 is 5.81. The highest BCUT2D eigenvalue weighted by Gasteiger charge is 2.45. The number of carbonyl (C=O) groups excluding carboxylic acids is 2. The summed E-state index contributed by atoms with van der Waals surface area (Å²) < 4.78 is 0. The van der Waals surface area contributed by atoms with Crippen molar-refractivity contribution < 1.29 is 9.59 Å². The van der Waals surface area contributed by atoms with Gasteiger partial charge in [-0.1, -0.05) is 30.5 Å². The molecule has 1 aromatic carbocycles. The minimum atomic E-state index is -0.311. The Kier molecular flexibility index (Phi) is 5.92. The number of nitrogens with zero attached hydrogens (tertiary/aromatic N) is 2. The van der Waals surface area contributed by atoms with Gasteiger partial charge < -0.3 is 16.0 Å². The molecule has 3 amide bonds. The molecule has 2 fully saturated rings. The van der Waals surface area contributed by atoms with Crippen molar-refractivity contribution in [3.05, 3.63) is 53.2 Å². The zero-order valence-corrected chi connectivity index (χ0v) is 17.7. The van der Waals surface area contributed by atoms with E-state index in [1.54, 1.807) is 36.4 Å². The van der Waals surface area contributed by atoms with Crippen LogP contribution in [-0.2, 0) is 0 Å². The van der Waals surface area contributed by atoms with Gasteiger partial charge in [-0.15, -0.1) is 0 Å². The van der Waals surface area contributed by atoms with Gasteiger partial charge in [-0.2, -0.15) is 0 Å². The minimum Gasteiger partial charge on any atom is -0.334 e. The van der Waals surface area contributed by atoms with Crippen LogP contribution in [0.25, 0.3) is 0 Å². The van der Waals surface area contributed by atoms with Crippen LogP contribution in [0, 0.1) is 0 Å². The predicted octanol–water partition coefficient (Wildman–Crippen LogP) is 4.13. The lowest BCUT2D eigenvalue weighted by molar-refractivity contribution is 0.102. The van der Waals surface area contributed by atoms with Crippen LogP contribution in [0.15, 0.2) is 42.6 Å². The average Bonchev–Trinajstić information content (AvgIpc) is 3.31. The molecule has 1 saturated heterocycles. The molecule has 2 aliphatic rings. The summed E-state index contributed by atoms with van der Waals surface area (Å²) in [6.45, 7) is 0.865. The summed E-state index contributed by atoms with van der Waals surface area (Å²) in [6.07, 6.45) is 7.42. The lowest BCUT2D eigenvalue weighted by atomic mass is 9.93. The monoisotopic (exact) mass is 427 g/mol. The number of pyridine rings is 1. The van der Waals surface area contributed by atoms with Crippen LogP contribution in [-0.4, -0.2) is 47.0 Å². The zero-order valence-electron chi connectivity index (χ0n) is 17.0.